The molecule has 0 aliphatic carbocycles. The van der Waals surface area contributed by atoms with E-state index in [-0.39, 0.29) is 17.3 Å². The molecule has 0 saturated heterocycles. The molecule has 130 valence electrons. The minimum absolute atomic E-state index is 0.175. The minimum Gasteiger partial charge on any atom is -0.465 e. The fourth-order valence-electron chi connectivity index (χ4n) is 2.50. The highest BCUT2D eigenvalue weighted by Crippen LogP contribution is 2.28. The molecule has 26 heavy (non-hydrogen) atoms. The third-order valence-electron chi connectivity index (χ3n) is 3.92. The number of hydrogen-bond donors (Lipinski definition) is 1. The molecule has 0 fully saturated rings. The molecular formula is C20H15ClN2O3. The quantitative estimate of drug-likeness (QED) is 0.676. The van der Waals surface area contributed by atoms with Crippen LogP contribution in [-0.2, 0) is 0 Å². The van der Waals surface area contributed by atoms with Gasteiger partial charge in [-0.1, -0.05) is 54.1 Å². The Morgan fingerprint density at radius 1 is 0.962 bits per heavy atom. The van der Waals surface area contributed by atoms with Gasteiger partial charge in [-0.25, -0.2) is 9.78 Å². The Labute approximate surface area is 155 Å². The van der Waals surface area contributed by atoms with Gasteiger partial charge in [0.2, 0.25) is 5.78 Å². The van der Waals surface area contributed by atoms with Crippen molar-refractivity contribution in [2.45, 2.75) is 0 Å². The Balaban J connectivity index is 2.16. The molecule has 0 radical (unpaired) electrons. The summed E-state index contributed by atoms with van der Waals surface area (Å²) in [4.78, 5) is 29.5. The molecule has 1 amide bonds. The molecule has 5 nitrogen and oxygen atoms in total. The first-order chi connectivity index (χ1) is 12.5. The van der Waals surface area contributed by atoms with Crippen molar-refractivity contribution in [3.05, 3.63) is 83.0 Å². The zero-order valence-corrected chi connectivity index (χ0v) is 14.6. The van der Waals surface area contributed by atoms with Crippen LogP contribution in [0.5, 0.6) is 0 Å². The van der Waals surface area contributed by atoms with Gasteiger partial charge in [-0.3, -0.25) is 9.69 Å². The number of carboxylic acid groups (broad SMARTS) is 1. The van der Waals surface area contributed by atoms with Crippen LogP contribution in [0.4, 0.5) is 10.6 Å². The van der Waals surface area contributed by atoms with Crippen molar-refractivity contribution >= 4 is 29.3 Å². The number of ketones is 1. The van der Waals surface area contributed by atoms with Crippen LogP contribution in [-0.4, -0.2) is 29.0 Å². The summed E-state index contributed by atoms with van der Waals surface area (Å²) in [6.45, 7) is 0. The van der Waals surface area contributed by atoms with Crippen LogP contribution >= 0.6 is 11.6 Å². The van der Waals surface area contributed by atoms with Crippen molar-refractivity contribution in [2.24, 2.45) is 0 Å². The summed E-state index contributed by atoms with van der Waals surface area (Å²) in [5.41, 5.74) is 2.04. The van der Waals surface area contributed by atoms with E-state index in [4.69, 9.17) is 11.6 Å². The summed E-state index contributed by atoms with van der Waals surface area (Å²) in [6, 6.07) is 19.1. The SMILES string of the molecule is CN(C(=O)O)c1ccc(-c2ccc(Cl)cc2)c(C(=O)c2ccccc2)n1. The number of rotatable bonds is 4. The molecule has 1 aromatic heterocycles. The summed E-state index contributed by atoms with van der Waals surface area (Å²) in [5.74, 6) is -0.106. The van der Waals surface area contributed by atoms with E-state index < -0.39 is 6.09 Å². The monoisotopic (exact) mass is 366 g/mol. The first-order valence-corrected chi connectivity index (χ1v) is 8.18. The molecule has 1 N–H and O–H groups in total. The lowest BCUT2D eigenvalue weighted by Crippen LogP contribution is -2.25. The number of halogens is 1. The molecule has 1 heterocycles. The summed E-state index contributed by atoms with van der Waals surface area (Å²) < 4.78 is 0. The van der Waals surface area contributed by atoms with Gasteiger partial charge in [-0.15, -0.1) is 0 Å². The normalized spacial score (nSPS) is 10.4. The van der Waals surface area contributed by atoms with Gasteiger partial charge in [0.05, 0.1) is 0 Å². The minimum atomic E-state index is -1.16. The highest BCUT2D eigenvalue weighted by molar-refractivity contribution is 6.30. The third-order valence-corrected chi connectivity index (χ3v) is 4.17. The van der Waals surface area contributed by atoms with Crippen molar-refractivity contribution in [1.29, 1.82) is 0 Å². The topological polar surface area (TPSA) is 70.5 Å². The molecular weight excluding hydrogens is 352 g/mol. The van der Waals surface area contributed by atoms with E-state index >= 15 is 0 Å². The van der Waals surface area contributed by atoms with Crippen LogP contribution in [0.3, 0.4) is 0 Å². The predicted octanol–water partition coefficient (Wildman–Crippen LogP) is 4.75. The second kappa shape index (κ2) is 7.37. The molecule has 6 heteroatoms. The van der Waals surface area contributed by atoms with Gasteiger partial charge in [0.1, 0.15) is 11.5 Å². The van der Waals surface area contributed by atoms with Gasteiger partial charge in [0.25, 0.3) is 0 Å². The second-order valence-corrected chi connectivity index (χ2v) is 6.05. The van der Waals surface area contributed by atoms with Gasteiger partial charge in [-0.2, -0.15) is 0 Å². The van der Waals surface area contributed by atoms with Gasteiger partial charge in [-0.05, 0) is 29.8 Å². The molecule has 0 aliphatic heterocycles. The van der Waals surface area contributed by atoms with Crippen LogP contribution in [0, 0.1) is 0 Å². The number of hydrogen-bond acceptors (Lipinski definition) is 3. The van der Waals surface area contributed by atoms with Crippen molar-refractivity contribution in [3.8, 4) is 11.1 Å². The summed E-state index contributed by atoms with van der Waals surface area (Å²) in [6.07, 6.45) is -1.16. The Bertz CT molecular complexity index is 957. The molecule has 0 saturated carbocycles. The molecule has 3 aromatic rings. The Morgan fingerprint density at radius 3 is 2.23 bits per heavy atom. The summed E-state index contributed by atoms with van der Waals surface area (Å²) in [5, 5.41) is 9.77. The molecule has 0 atom stereocenters. The lowest BCUT2D eigenvalue weighted by Gasteiger charge is -2.15. The second-order valence-electron chi connectivity index (χ2n) is 5.61. The van der Waals surface area contributed by atoms with E-state index in [9.17, 15) is 14.7 Å². The van der Waals surface area contributed by atoms with Crippen molar-refractivity contribution in [3.63, 3.8) is 0 Å². The average Bonchev–Trinajstić information content (AvgIpc) is 2.67. The first-order valence-electron chi connectivity index (χ1n) is 7.81. The zero-order chi connectivity index (χ0) is 18.7. The van der Waals surface area contributed by atoms with Crippen LogP contribution in [0.1, 0.15) is 16.1 Å². The Hall–Kier alpha value is -3.18. The standard InChI is InChI=1S/C20H15ClN2O3/c1-23(20(25)26)17-12-11-16(13-7-9-15(21)10-8-13)18(22-17)19(24)14-5-3-2-4-6-14/h2-12H,1H3,(H,25,26). The summed E-state index contributed by atoms with van der Waals surface area (Å²) in [7, 11) is 1.38. The van der Waals surface area contributed by atoms with Crippen LogP contribution in [0.25, 0.3) is 11.1 Å². The molecule has 0 aliphatic rings. The molecule has 0 spiro atoms. The van der Waals surface area contributed by atoms with Gasteiger partial charge < -0.3 is 5.11 Å². The Kier molecular flexibility index (Phi) is 5.00. The maximum absolute atomic E-state index is 13.0. The van der Waals surface area contributed by atoms with E-state index in [0.717, 1.165) is 10.5 Å². The number of benzene rings is 2. The number of aromatic nitrogens is 1. The number of amides is 1. The number of carbonyl (C=O) groups is 2. The number of anilines is 1. The highest BCUT2D eigenvalue weighted by Gasteiger charge is 2.20. The number of carbonyl (C=O) groups excluding carboxylic acids is 1. The summed E-state index contributed by atoms with van der Waals surface area (Å²) >= 11 is 5.94. The Morgan fingerprint density at radius 2 is 1.62 bits per heavy atom. The van der Waals surface area contributed by atoms with Crippen LogP contribution in [0.2, 0.25) is 5.02 Å². The van der Waals surface area contributed by atoms with Crippen LogP contribution < -0.4 is 4.90 Å². The number of nitrogens with zero attached hydrogens (tertiary/aromatic N) is 2. The molecule has 0 bridgehead atoms. The largest absolute Gasteiger partial charge is 0.465 e. The fraction of sp³-hybridized carbons (Fsp3) is 0.0500. The molecule has 2 aromatic carbocycles. The van der Waals surface area contributed by atoms with E-state index in [1.165, 1.54) is 7.05 Å². The van der Waals surface area contributed by atoms with E-state index in [1.54, 1.807) is 60.7 Å². The van der Waals surface area contributed by atoms with E-state index in [0.29, 0.717) is 16.1 Å². The van der Waals surface area contributed by atoms with Crippen molar-refractivity contribution < 1.29 is 14.7 Å². The smallest absolute Gasteiger partial charge is 0.412 e. The number of pyridine rings is 1. The first kappa shape index (κ1) is 17.6. The third kappa shape index (κ3) is 3.58. The lowest BCUT2D eigenvalue weighted by atomic mass is 9.98. The lowest BCUT2D eigenvalue weighted by molar-refractivity contribution is 0.103. The molecule has 0 unspecified atom stereocenters. The van der Waals surface area contributed by atoms with E-state index in [1.807, 2.05) is 6.07 Å². The maximum Gasteiger partial charge on any atom is 0.412 e. The highest BCUT2D eigenvalue weighted by atomic mass is 35.5. The van der Waals surface area contributed by atoms with Gasteiger partial charge >= 0.3 is 6.09 Å². The zero-order valence-electron chi connectivity index (χ0n) is 13.9. The average molecular weight is 367 g/mol. The van der Waals surface area contributed by atoms with Crippen LogP contribution in [0.15, 0.2) is 66.7 Å². The van der Waals surface area contributed by atoms with Crippen molar-refractivity contribution in [2.75, 3.05) is 11.9 Å². The maximum atomic E-state index is 13.0. The van der Waals surface area contributed by atoms with Crippen molar-refractivity contribution in [1.82, 2.24) is 4.98 Å². The fourth-order valence-corrected chi connectivity index (χ4v) is 2.62. The molecule has 3 rings (SSSR count). The van der Waals surface area contributed by atoms with E-state index in [2.05, 4.69) is 4.98 Å². The van der Waals surface area contributed by atoms with Gasteiger partial charge in [0.15, 0.2) is 0 Å². The van der Waals surface area contributed by atoms with Gasteiger partial charge in [0, 0.05) is 23.2 Å². The predicted molar refractivity (Wildman–Crippen MR) is 101 cm³/mol.